The Labute approximate surface area is 132 Å². The molecule has 0 heterocycles. The molecular weight excluding hydrogens is 272 g/mol. The molecule has 22 heavy (non-hydrogen) atoms. The largest absolute Gasteiger partial charge is 0.481 e. The van der Waals surface area contributed by atoms with Crippen molar-refractivity contribution in [2.24, 2.45) is 16.7 Å². The monoisotopic (exact) mass is 298 g/mol. The number of carboxylic acids is 1. The molecule has 0 aromatic heterocycles. The molecule has 2 heteroatoms. The molecule has 1 aromatic carbocycles. The minimum absolute atomic E-state index is 0.119. The topological polar surface area (TPSA) is 37.3 Å². The summed E-state index contributed by atoms with van der Waals surface area (Å²) in [6.45, 7) is 2.25. The summed E-state index contributed by atoms with van der Waals surface area (Å²) in [5, 5.41) is 10.0. The lowest BCUT2D eigenvalue weighted by Gasteiger charge is -2.66. The van der Waals surface area contributed by atoms with Crippen LogP contribution in [-0.4, -0.2) is 11.1 Å². The van der Waals surface area contributed by atoms with Gasteiger partial charge in [0.2, 0.25) is 0 Å². The van der Waals surface area contributed by atoms with Crippen LogP contribution in [0, 0.1) is 16.7 Å². The van der Waals surface area contributed by atoms with E-state index in [1.54, 1.807) is 0 Å². The minimum atomic E-state index is -0.530. The van der Waals surface area contributed by atoms with Crippen molar-refractivity contribution in [2.75, 3.05) is 0 Å². The van der Waals surface area contributed by atoms with E-state index in [1.165, 1.54) is 37.7 Å². The van der Waals surface area contributed by atoms with Crippen molar-refractivity contribution in [1.82, 2.24) is 0 Å². The predicted octanol–water partition coefficient (Wildman–Crippen LogP) is 4.78. The zero-order valence-corrected chi connectivity index (χ0v) is 13.5. The van der Waals surface area contributed by atoms with Crippen molar-refractivity contribution in [3.05, 3.63) is 35.9 Å². The third kappa shape index (κ3) is 1.89. The molecule has 1 aromatic rings. The van der Waals surface area contributed by atoms with Crippen LogP contribution in [-0.2, 0) is 10.2 Å². The highest BCUT2D eigenvalue weighted by Crippen LogP contribution is 2.71. The van der Waals surface area contributed by atoms with Crippen LogP contribution in [0.25, 0.3) is 0 Å². The summed E-state index contributed by atoms with van der Waals surface area (Å²) in [5.74, 6) is 0.0801. The Hall–Kier alpha value is -1.31. The predicted molar refractivity (Wildman–Crippen MR) is 86.7 cm³/mol. The van der Waals surface area contributed by atoms with Crippen molar-refractivity contribution >= 4 is 5.97 Å². The molecule has 0 spiro atoms. The Bertz CT molecular complexity index is 595. The van der Waals surface area contributed by atoms with E-state index >= 15 is 0 Å². The van der Waals surface area contributed by atoms with Gasteiger partial charge in [-0.2, -0.15) is 0 Å². The Balaban J connectivity index is 1.83. The lowest BCUT2D eigenvalue weighted by molar-refractivity contribution is -0.180. The second-order valence-corrected chi connectivity index (χ2v) is 8.49. The van der Waals surface area contributed by atoms with Crippen LogP contribution in [0.5, 0.6) is 0 Å². The number of carboxylic acid groups (broad SMARTS) is 1. The van der Waals surface area contributed by atoms with Crippen molar-refractivity contribution < 1.29 is 9.90 Å². The summed E-state index contributed by atoms with van der Waals surface area (Å²) in [6, 6.07) is 10.8. The average Bonchev–Trinajstić information content (AvgIpc) is 2.46. The van der Waals surface area contributed by atoms with Gasteiger partial charge < -0.3 is 5.11 Å². The molecule has 2 unspecified atom stereocenters. The number of hydrogen-bond donors (Lipinski definition) is 1. The number of carbonyl (C=O) groups is 1. The Morgan fingerprint density at radius 3 is 2.59 bits per heavy atom. The third-order valence-electron chi connectivity index (χ3n) is 6.80. The SMILES string of the molecule is CCC[C@@]12CC3CC(C(=O)O)(C1)C[C@](c1ccccc1)(C3)C2. The van der Waals surface area contributed by atoms with E-state index < -0.39 is 11.4 Å². The summed E-state index contributed by atoms with van der Waals surface area (Å²) >= 11 is 0. The van der Waals surface area contributed by atoms with E-state index in [-0.39, 0.29) is 10.8 Å². The van der Waals surface area contributed by atoms with Crippen molar-refractivity contribution in [2.45, 2.75) is 63.7 Å². The van der Waals surface area contributed by atoms with Crippen LogP contribution in [0.3, 0.4) is 0 Å². The number of hydrogen-bond acceptors (Lipinski definition) is 1. The molecule has 4 atom stereocenters. The van der Waals surface area contributed by atoms with E-state index in [2.05, 4.69) is 37.3 Å². The van der Waals surface area contributed by atoms with E-state index in [0.29, 0.717) is 5.92 Å². The highest BCUT2D eigenvalue weighted by Gasteiger charge is 2.65. The molecule has 2 nitrogen and oxygen atoms in total. The first-order valence-corrected chi connectivity index (χ1v) is 8.81. The van der Waals surface area contributed by atoms with Crippen molar-refractivity contribution in [3.63, 3.8) is 0 Å². The Morgan fingerprint density at radius 2 is 1.91 bits per heavy atom. The van der Waals surface area contributed by atoms with Crippen LogP contribution in [0.4, 0.5) is 0 Å². The number of benzene rings is 1. The Morgan fingerprint density at radius 1 is 1.14 bits per heavy atom. The van der Waals surface area contributed by atoms with E-state index in [1.807, 2.05) is 0 Å². The smallest absolute Gasteiger partial charge is 0.309 e. The lowest BCUT2D eigenvalue weighted by atomic mass is 9.38. The molecule has 4 bridgehead atoms. The van der Waals surface area contributed by atoms with E-state index in [9.17, 15) is 9.90 Å². The summed E-state index contributed by atoms with van der Waals surface area (Å²) in [5.41, 5.74) is 1.34. The molecule has 0 radical (unpaired) electrons. The van der Waals surface area contributed by atoms with Gasteiger partial charge in [0.05, 0.1) is 5.41 Å². The normalized spacial score (nSPS) is 42.5. The second-order valence-electron chi connectivity index (χ2n) is 8.49. The first kappa shape index (κ1) is 14.3. The fraction of sp³-hybridized carbons (Fsp3) is 0.650. The average molecular weight is 298 g/mol. The van der Waals surface area contributed by atoms with Gasteiger partial charge in [0.1, 0.15) is 0 Å². The van der Waals surface area contributed by atoms with Gasteiger partial charge in [-0.3, -0.25) is 4.79 Å². The van der Waals surface area contributed by atoms with Gasteiger partial charge in [-0.25, -0.2) is 0 Å². The minimum Gasteiger partial charge on any atom is -0.481 e. The lowest BCUT2D eigenvalue weighted by Crippen LogP contribution is -2.60. The zero-order chi connectivity index (χ0) is 15.4. The molecule has 0 aliphatic heterocycles. The van der Waals surface area contributed by atoms with Crippen molar-refractivity contribution in [1.29, 1.82) is 0 Å². The zero-order valence-electron chi connectivity index (χ0n) is 13.5. The van der Waals surface area contributed by atoms with Gasteiger partial charge in [-0.05, 0) is 67.3 Å². The van der Waals surface area contributed by atoms with Gasteiger partial charge in [0.25, 0.3) is 0 Å². The maximum Gasteiger partial charge on any atom is 0.309 e. The van der Waals surface area contributed by atoms with Crippen LogP contribution in [0.15, 0.2) is 30.3 Å². The fourth-order valence-electron chi connectivity index (χ4n) is 6.80. The maximum atomic E-state index is 12.2. The summed E-state index contributed by atoms with van der Waals surface area (Å²) < 4.78 is 0. The summed E-state index contributed by atoms with van der Waals surface area (Å²) in [6.07, 6.45) is 8.77. The van der Waals surface area contributed by atoms with Crippen molar-refractivity contribution in [3.8, 4) is 0 Å². The molecular formula is C20H26O2. The van der Waals surface area contributed by atoms with Crippen LogP contribution >= 0.6 is 0 Å². The summed E-state index contributed by atoms with van der Waals surface area (Å²) in [7, 11) is 0. The Kier molecular flexibility index (Phi) is 2.99. The molecule has 1 N–H and O–H groups in total. The second kappa shape index (κ2) is 4.59. The van der Waals surface area contributed by atoms with Gasteiger partial charge >= 0.3 is 5.97 Å². The van der Waals surface area contributed by atoms with Gasteiger partial charge in [-0.1, -0.05) is 43.7 Å². The molecule has 0 amide bonds. The highest BCUT2D eigenvalue weighted by molar-refractivity contribution is 5.76. The number of rotatable bonds is 4. The highest BCUT2D eigenvalue weighted by atomic mass is 16.4. The molecule has 4 fully saturated rings. The molecule has 118 valence electrons. The van der Waals surface area contributed by atoms with Gasteiger partial charge in [0.15, 0.2) is 0 Å². The molecule has 4 aliphatic rings. The van der Waals surface area contributed by atoms with Crippen LogP contribution < -0.4 is 0 Å². The molecule has 4 saturated carbocycles. The number of aliphatic carboxylic acids is 1. The standard InChI is InChI=1S/C20H26O2/c1-2-8-18-9-15-10-19(12-18,16-6-4-3-5-7-16)14-20(11-15,13-18)17(21)22/h3-7,15H,2,8-14H2,1H3,(H,21,22)/t15?,18-,19-,20?/m0/s1. The fourth-order valence-corrected chi connectivity index (χ4v) is 6.80. The first-order valence-electron chi connectivity index (χ1n) is 8.81. The maximum absolute atomic E-state index is 12.2. The quantitative estimate of drug-likeness (QED) is 0.868. The summed E-state index contributed by atoms with van der Waals surface area (Å²) in [4.78, 5) is 12.2. The molecule has 0 saturated heterocycles. The van der Waals surface area contributed by atoms with Crippen LogP contribution in [0.1, 0.15) is 63.9 Å². The van der Waals surface area contributed by atoms with E-state index in [0.717, 1.165) is 19.3 Å². The first-order chi connectivity index (χ1) is 10.5. The molecule has 5 rings (SSSR count). The van der Waals surface area contributed by atoms with E-state index in [4.69, 9.17) is 0 Å². The third-order valence-corrected chi connectivity index (χ3v) is 6.80. The van der Waals surface area contributed by atoms with Gasteiger partial charge in [-0.15, -0.1) is 0 Å². The molecule has 4 aliphatic carbocycles. The van der Waals surface area contributed by atoms with Crippen LogP contribution in [0.2, 0.25) is 0 Å². The van der Waals surface area contributed by atoms with Gasteiger partial charge in [0, 0.05) is 0 Å².